The third-order valence-electron chi connectivity index (χ3n) is 10.6. The normalized spacial score (nSPS) is 13.1. The second-order valence-corrected chi connectivity index (χ2v) is 14.8. The van der Waals surface area contributed by atoms with Crippen molar-refractivity contribution < 1.29 is 13.9 Å². The van der Waals surface area contributed by atoms with Crippen molar-refractivity contribution in [1.82, 2.24) is 74.5 Å². The van der Waals surface area contributed by atoms with Gasteiger partial charge in [0.15, 0.2) is 0 Å². The maximum absolute atomic E-state index is 14.0. The molecule has 1 aliphatic carbocycles. The van der Waals surface area contributed by atoms with E-state index in [-0.39, 0.29) is 18.2 Å². The maximum atomic E-state index is 14.0. The first-order valence-electron chi connectivity index (χ1n) is 19.2. The van der Waals surface area contributed by atoms with Crippen LogP contribution in [0.3, 0.4) is 0 Å². The number of aliphatic hydroxyl groups is 1. The maximum Gasteiger partial charge on any atom is 0.137 e. The van der Waals surface area contributed by atoms with Gasteiger partial charge < -0.3 is 19.2 Å². The summed E-state index contributed by atoms with van der Waals surface area (Å²) in [5.74, 6) is 0.143. The second kappa shape index (κ2) is 15.3. The van der Waals surface area contributed by atoms with Crippen LogP contribution in [0.5, 0.6) is 0 Å². The zero-order valence-electron chi connectivity index (χ0n) is 31.5. The Morgan fingerprint density at radius 1 is 0.678 bits per heavy atom. The number of imidazole rings is 2. The summed E-state index contributed by atoms with van der Waals surface area (Å²) in [6.45, 7) is 2.84. The predicted molar refractivity (Wildman–Crippen MR) is 214 cm³/mol. The van der Waals surface area contributed by atoms with E-state index in [2.05, 4.69) is 68.0 Å². The van der Waals surface area contributed by atoms with Gasteiger partial charge in [-0.1, -0.05) is 29.0 Å². The number of halogens is 2. The number of benzene rings is 2. The van der Waals surface area contributed by atoms with Crippen molar-refractivity contribution in [2.24, 2.45) is 5.92 Å². The van der Waals surface area contributed by atoms with Gasteiger partial charge in [0.2, 0.25) is 0 Å². The largest absolute Gasteiger partial charge is 0.392 e. The fourth-order valence-corrected chi connectivity index (χ4v) is 7.43. The lowest BCUT2D eigenvalue weighted by molar-refractivity contribution is 0.281. The van der Waals surface area contributed by atoms with Crippen LogP contribution < -0.4 is 5.32 Å². The lowest BCUT2D eigenvalue weighted by Crippen LogP contribution is -2.26. The second-order valence-electron chi connectivity index (χ2n) is 14.8. The minimum atomic E-state index is -0.365. The first kappa shape index (κ1) is 36.2. The quantitative estimate of drug-likeness (QED) is 0.127. The molecule has 0 spiro atoms. The number of H-pyrrole nitrogens is 2. The molecule has 18 heteroatoms. The van der Waals surface area contributed by atoms with E-state index < -0.39 is 0 Å². The van der Waals surface area contributed by atoms with Crippen LogP contribution in [0.1, 0.15) is 41.8 Å². The van der Waals surface area contributed by atoms with Crippen molar-refractivity contribution in [3.05, 3.63) is 132 Å². The number of aromatic amines is 2. The molecule has 0 atom stereocenters. The molecule has 0 radical (unpaired) electrons. The number of aliphatic hydroxyl groups excluding tert-OH is 1. The lowest BCUT2D eigenvalue weighted by atomic mass is 9.85. The van der Waals surface area contributed by atoms with Crippen molar-refractivity contribution in [3.8, 4) is 22.5 Å². The Kier molecular flexibility index (Phi) is 9.38. The van der Waals surface area contributed by atoms with Gasteiger partial charge in [0, 0.05) is 53.2 Å². The summed E-state index contributed by atoms with van der Waals surface area (Å²) in [6, 6.07) is 13.5. The Morgan fingerprint density at radius 3 is 1.75 bits per heavy atom. The van der Waals surface area contributed by atoms with Gasteiger partial charge in [-0.3, -0.25) is 10.2 Å². The van der Waals surface area contributed by atoms with E-state index in [0.29, 0.717) is 46.6 Å². The summed E-state index contributed by atoms with van der Waals surface area (Å²) in [6.07, 6.45) is 18.8. The molecule has 0 amide bonds. The van der Waals surface area contributed by atoms with Crippen LogP contribution in [0.25, 0.3) is 55.6 Å². The van der Waals surface area contributed by atoms with Gasteiger partial charge in [0.25, 0.3) is 0 Å². The molecule has 8 aromatic heterocycles. The van der Waals surface area contributed by atoms with Gasteiger partial charge in [0.1, 0.15) is 34.3 Å². The fourth-order valence-electron chi connectivity index (χ4n) is 7.43. The Balaban J connectivity index is 0.000000145. The van der Waals surface area contributed by atoms with Gasteiger partial charge in [0.05, 0.1) is 66.9 Å². The van der Waals surface area contributed by atoms with Crippen molar-refractivity contribution in [3.63, 3.8) is 0 Å². The van der Waals surface area contributed by atoms with E-state index in [9.17, 15) is 13.9 Å². The number of nitrogens with zero attached hydrogens (tertiary/aromatic N) is 12. The summed E-state index contributed by atoms with van der Waals surface area (Å²) in [4.78, 5) is 9.24. The van der Waals surface area contributed by atoms with Crippen molar-refractivity contribution in [2.75, 3.05) is 6.54 Å². The zero-order valence-corrected chi connectivity index (χ0v) is 31.5. The molecule has 4 N–H and O–H groups in total. The van der Waals surface area contributed by atoms with Crippen LogP contribution in [0.2, 0.25) is 0 Å². The highest BCUT2D eigenvalue weighted by Gasteiger charge is 2.17. The molecule has 296 valence electrons. The number of hydrogen-bond acceptors (Lipinski definition) is 10. The minimum Gasteiger partial charge on any atom is -0.392 e. The van der Waals surface area contributed by atoms with Crippen molar-refractivity contribution >= 4 is 33.1 Å². The summed E-state index contributed by atoms with van der Waals surface area (Å²) >= 11 is 0. The Hall–Kier alpha value is -7.18. The summed E-state index contributed by atoms with van der Waals surface area (Å²) in [7, 11) is 0. The van der Waals surface area contributed by atoms with Crippen LogP contribution in [0.4, 0.5) is 8.78 Å². The third-order valence-corrected chi connectivity index (χ3v) is 10.6. The molecule has 11 rings (SSSR count). The molecular weight excluding hydrogens is 757 g/mol. The van der Waals surface area contributed by atoms with Crippen molar-refractivity contribution in [1.29, 1.82) is 0 Å². The summed E-state index contributed by atoms with van der Waals surface area (Å²) < 4.78 is 35.1. The Bertz CT molecular complexity index is 3080. The number of rotatable bonds is 11. The molecule has 16 nitrogen and oxygen atoms in total. The molecule has 1 fully saturated rings. The SMILES string of the molecule is Fc1cc(-c2cn(Cc3cn4cc(CNCC5CCC5)ccc4n3)nn2)c2cn[nH]c2c1.OCc1ccc2nc(Cn3cc(-c4cc(F)cc5[nH]ncc45)nn3)cn2c1. The molecule has 0 saturated heterocycles. The highest BCUT2D eigenvalue weighted by Crippen LogP contribution is 2.29. The Morgan fingerprint density at radius 2 is 1.22 bits per heavy atom. The highest BCUT2D eigenvalue weighted by atomic mass is 19.1. The summed E-state index contributed by atoms with van der Waals surface area (Å²) in [5, 5.41) is 44.7. The third kappa shape index (κ3) is 7.53. The molecule has 0 aliphatic heterocycles. The smallest absolute Gasteiger partial charge is 0.137 e. The number of pyridine rings is 2. The predicted octanol–water partition coefficient (Wildman–Crippen LogP) is 5.70. The lowest BCUT2D eigenvalue weighted by Gasteiger charge is -2.25. The van der Waals surface area contributed by atoms with E-state index in [1.807, 2.05) is 41.2 Å². The van der Waals surface area contributed by atoms with Crippen LogP contribution in [-0.2, 0) is 26.2 Å². The summed E-state index contributed by atoms with van der Waals surface area (Å²) in [5.41, 5.74) is 9.11. The van der Waals surface area contributed by atoms with Crippen LogP contribution in [0.15, 0.2) is 98.1 Å². The van der Waals surface area contributed by atoms with Crippen LogP contribution in [0, 0.1) is 17.6 Å². The van der Waals surface area contributed by atoms with Crippen LogP contribution in [-0.4, -0.2) is 80.8 Å². The highest BCUT2D eigenvalue weighted by molar-refractivity contribution is 5.94. The van der Waals surface area contributed by atoms with Gasteiger partial charge in [-0.2, -0.15) is 10.2 Å². The van der Waals surface area contributed by atoms with E-state index in [1.54, 1.807) is 34.2 Å². The topological polar surface area (TPSA) is 186 Å². The molecular formula is C41H37F2N15O. The van der Waals surface area contributed by atoms with Gasteiger partial charge >= 0.3 is 0 Å². The minimum absolute atomic E-state index is 0.0218. The van der Waals surface area contributed by atoms with Crippen LogP contribution >= 0.6 is 0 Å². The molecule has 1 saturated carbocycles. The van der Waals surface area contributed by atoms with E-state index in [1.165, 1.54) is 49.1 Å². The number of hydrogen-bond donors (Lipinski definition) is 4. The molecule has 2 aromatic carbocycles. The van der Waals surface area contributed by atoms with E-state index >= 15 is 0 Å². The molecule has 1 aliphatic rings. The first-order valence-corrected chi connectivity index (χ1v) is 19.2. The average Bonchev–Trinajstić information content (AvgIpc) is 4.07. The van der Waals surface area contributed by atoms with Gasteiger partial charge in [-0.25, -0.2) is 28.1 Å². The van der Waals surface area contributed by atoms with E-state index in [4.69, 9.17) is 4.98 Å². The Labute approximate surface area is 333 Å². The van der Waals surface area contributed by atoms with Gasteiger partial charge in [-0.05, 0) is 72.8 Å². The average molecular weight is 794 g/mol. The molecule has 10 aromatic rings. The fraction of sp³-hybridized carbons (Fsp3) is 0.220. The van der Waals surface area contributed by atoms with Crippen molar-refractivity contribution in [2.45, 2.75) is 45.5 Å². The molecule has 0 unspecified atom stereocenters. The molecule has 59 heavy (non-hydrogen) atoms. The first-order chi connectivity index (χ1) is 28.9. The monoisotopic (exact) mass is 793 g/mol. The number of fused-ring (bicyclic) bond motifs is 4. The number of aromatic nitrogens is 14. The van der Waals surface area contributed by atoms with E-state index in [0.717, 1.165) is 58.0 Å². The standard InChI is InChI=1S/C23H23FN8.C18H14FN7O/c24-17-6-19(20-10-26-28-21(20)7-17)22-14-32(30-29-22)13-18-12-31-11-16(4-5-23(31)27-18)9-25-8-15-2-1-3-15;19-12-3-14(15-5-20-22-16(15)4-12)17-9-26(24-23-17)8-13-7-25-6-11(10-27)1-2-18(25)21-13/h4-7,10-12,14-15,25H,1-3,8-9,13H2,(H,26,28);1-7,9,27H,8,10H2,(H,20,22). The number of nitrogens with one attached hydrogen (secondary N) is 3. The van der Waals surface area contributed by atoms with Gasteiger partial charge in [-0.15, -0.1) is 10.2 Å². The molecule has 8 heterocycles. The zero-order chi connectivity index (χ0) is 39.9. The molecule has 0 bridgehead atoms.